The Bertz CT molecular complexity index is 2690. The van der Waals surface area contributed by atoms with E-state index < -0.39 is 0 Å². The lowest BCUT2D eigenvalue weighted by Gasteiger charge is -2.13. The maximum absolute atomic E-state index is 9.36. The lowest BCUT2D eigenvalue weighted by atomic mass is 10.0. The second-order valence-corrected chi connectivity index (χ2v) is 11.9. The van der Waals surface area contributed by atoms with Gasteiger partial charge in [-0.15, -0.1) is 0 Å². The van der Waals surface area contributed by atoms with Gasteiger partial charge in [-0.2, -0.15) is 0 Å². The highest BCUT2D eigenvalue weighted by atomic mass is 16.3. The van der Waals surface area contributed by atoms with Crippen LogP contribution in [0.2, 0.25) is 0 Å². The van der Waals surface area contributed by atoms with E-state index in [0.717, 1.165) is 66.1 Å². The number of aromatic nitrogens is 1. The minimum atomic E-state index is 0.0738. The Labute approximate surface area is 289 Å². The molecule has 238 valence electrons. The predicted octanol–water partition coefficient (Wildman–Crippen LogP) is 11.5. The summed E-state index contributed by atoms with van der Waals surface area (Å²) in [6.45, 7) is 7.87. The number of aliphatic imine (C=N–C) groups is 2. The first-order valence-electron chi connectivity index (χ1n) is 16.4. The average Bonchev–Trinajstić information content (AvgIpc) is 3.70. The van der Waals surface area contributed by atoms with Crippen molar-refractivity contribution >= 4 is 61.6 Å². The molecule has 0 fully saturated rings. The number of hydrogen-bond acceptors (Lipinski definition) is 2. The van der Waals surface area contributed by atoms with Gasteiger partial charge < -0.3 is 8.98 Å². The third-order valence-corrected chi connectivity index (χ3v) is 8.92. The Balaban J connectivity index is 1.24. The van der Waals surface area contributed by atoms with Crippen LogP contribution < -0.4 is 0 Å². The SMILES string of the molecule is C=C/C=C(\C=C)C(N=Cc1ccc(-c2ccccc2)cc1)=NC(=N)c1ccccc1-n1c2ccccc2c2cc3oc4ccccc4c3cc21. The molecule has 0 radical (unpaired) electrons. The molecule has 0 aliphatic carbocycles. The highest BCUT2D eigenvalue weighted by Gasteiger charge is 2.19. The van der Waals surface area contributed by atoms with E-state index >= 15 is 0 Å². The highest BCUT2D eigenvalue weighted by Crippen LogP contribution is 2.38. The van der Waals surface area contributed by atoms with Crippen LogP contribution in [0.5, 0.6) is 0 Å². The van der Waals surface area contributed by atoms with Crippen molar-refractivity contribution in [3.05, 3.63) is 188 Å². The van der Waals surface area contributed by atoms with E-state index in [1.165, 1.54) is 0 Å². The van der Waals surface area contributed by atoms with E-state index in [-0.39, 0.29) is 5.84 Å². The summed E-state index contributed by atoms with van der Waals surface area (Å²) in [5.41, 5.74) is 9.09. The lowest BCUT2D eigenvalue weighted by molar-refractivity contribution is 0.669. The Kier molecular flexibility index (Phi) is 7.91. The first-order valence-corrected chi connectivity index (χ1v) is 16.4. The second kappa shape index (κ2) is 13.0. The Morgan fingerprint density at radius 3 is 2.14 bits per heavy atom. The first kappa shape index (κ1) is 30.5. The summed E-state index contributed by atoms with van der Waals surface area (Å²) in [4.78, 5) is 9.60. The molecule has 0 bridgehead atoms. The van der Waals surface area contributed by atoms with Crippen molar-refractivity contribution in [2.24, 2.45) is 9.98 Å². The van der Waals surface area contributed by atoms with Crippen LogP contribution in [-0.4, -0.2) is 22.5 Å². The van der Waals surface area contributed by atoms with E-state index in [0.29, 0.717) is 17.0 Å². The molecule has 0 unspecified atom stereocenters. The van der Waals surface area contributed by atoms with Gasteiger partial charge in [-0.3, -0.25) is 5.41 Å². The van der Waals surface area contributed by atoms with Crippen molar-refractivity contribution in [2.75, 3.05) is 0 Å². The summed E-state index contributed by atoms with van der Waals surface area (Å²) >= 11 is 0. The molecule has 0 aliphatic heterocycles. The maximum atomic E-state index is 9.36. The molecule has 0 spiro atoms. The van der Waals surface area contributed by atoms with Crippen LogP contribution in [-0.2, 0) is 0 Å². The molecule has 6 aromatic carbocycles. The van der Waals surface area contributed by atoms with Crippen molar-refractivity contribution in [3.8, 4) is 16.8 Å². The monoisotopic (exact) mass is 644 g/mol. The molecule has 0 saturated heterocycles. The molecular formula is C45H32N4O. The van der Waals surface area contributed by atoms with Crippen LogP contribution in [0.4, 0.5) is 0 Å². The molecule has 1 N–H and O–H groups in total. The van der Waals surface area contributed by atoms with Gasteiger partial charge in [0.05, 0.1) is 16.7 Å². The fourth-order valence-electron chi connectivity index (χ4n) is 6.54. The fourth-order valence-corrected chi connectivity index (χ4v) is 6.54. The number of furan rings is 1. The van der Waals surface area contributed by atoms with Gasteiger partial charge in [-0.05, 0) is 53.1 Å². The number of nitrogens with zero attached hydrogens (tertiary/aromatic N) is 3. The number of amidine groups is 2. The summed E-state index contributed by atoms with van der Waals surface area (Å²) in [7, 11) is 0. The van der Waals surface area contributed by atoms with Crippen LogP contribution in [0.15, 0.2) is 191 Å². The van der Waals surface area contributed by atoms with E-state index in [4.69, 9.17) is 14.4 Å². The zero-order valence-electron chi connectivity index (χ0n) is 27.3. The molecule has 2 heterocycles. The normalized spacial score (nSPS) is 12.4. The van der Waals surface area contributed by atoms with E-state index in [1.807, 2.05) is 78.9 Å². The summed E-state index contributed by atoms with van der Waals surface area (Å²) in [5, 5.41) is 13.6. The van der Waals surface area contributed by atoms with Gasteiger partial charge in [-0.25, -0.2) is 9.98 Å². The standard InChI is InChI=1S/C45H32N4O/c1-3-14-31(4-2)45(47-29-30-23-25-33(26-24-30)32-15-6-5-7-16-32)48-44(46)36-19-9-12-21-40(36)49-39-20-11-8-17-34(39)37-28-43-38(27-41(37)49)35-18-10-13-22-42(35)50-43/h3-29,46H,1-2H2/b31-14+,46-44?,47-29?,48-45?. The van der Waals surface area contributed by atoms with Crippen molar-refractivity contribution < 1.29 is 4.42 Å². The number of rotatable bonds is 7. The number of nitrogens with one attached hydrogen (secondary N) is 1. The summed E-state index contributed by atoms with van der Waals surface area (Å²) < 4.78 is 8.49. The zero-order chi connectivity index (χ0) is 34.0. The summed E-state index contributed by atoms with van der Waals surface area (Å²) in [6.07, 6.45) is 6.92. The van der Waals surface area contributed by atoms with E-state index in [2.05, 4.69) is 78.4 Å². The Hall–Kier alpha value is -6.85. The number of benzene rings is 6. The number of hydrogen-bond donors (Lipinski definition) is 1. The molecule has 5 nitrogen and oxygen atoms in total. The average molecular weight is 645 g/mol. The number of fused-ring (bicyclic) bond motifs is 6. The Morgan fingerprint density at radius 1 is 0.640 bits per heavy atom. The first-order chi connectivity index (χ1) is 24.6. The molecule has 0 atom stereocenters. The molecule has 5 heteroatoms. The molecule has 0 saturated carbocycles. The molecular weight excluding hydrogens is 613 g/mol. The quantitative estimate of drug-likeness (QED) is 0.105. The van der Waals surface area contributed by atoms with Gasteiger partial charge >= 0.3 is 0 Å². The van der Waals surface area contributed by atoms with Crippen molar-refractivity contribution in [1.29, 1.82) is 5.41 Å². The maximum Gasteiger partial charge on any atom is 0.161 e. The fraction of sp³-hybridized carbons (Fsp3) is 0. The number of allylic oxidation sites excluding steroid dienone is 2. The van der Waals surface area contributed by atoms with Gasteiger partial charge in [0.1, 0.15) is 11.2 Å². The smallest absolute Gasteiger partial charge is 0.161 e. The van der Waals surface area contributed by atoms with Gasteiger partial charge in [0, 0.05) is 38.9 Å². The van der Waals surface area contributed by atoms with Crippen LogP contribution in [0.1, 0.15) is 11.1 Å². The zero-order valence-corrected chi connectivity index (χ0v) is 27.3. The third-order valence-electron chi connectivity index (χ3n) is 8.92. The van der Waals surface area contributed by atoms with Gasteiger partial charge in [-0.1, -0.05) is 135 Å². The summed E-state index contributed by atoms with van der Waals surface area (Å²) in [5.74, 6) is 0.436. The molecule has 0 amide bonds. The topological polar surface area (TPSA) is 66.6 Å². The third kappa shape index (κ3) is 5.47. The van der Waals surface area contributed by atoms with Crippen LogP contribution in [0, 0.1) is 5.41 Å². The van der Waals surface area contributed by atoms with Crippen molar-refractivity contribution in [3.63, 3.8) is 0 Å². The molecule has 50 heavy (non-hydrogen) atoms. The lowest BCUT2D eigenvalue weighted by Crippen LogP contribution is -2.08. The predicted molar refractivity (Wildman–Crippen MR) is 210 cm³/mol. The van der Waals surface area contributed by atoms with Crippen LogP contribution in [0.25, 0.3) is 60.6 Å². The molecule has 8 aromatic rings. The molecule has 0 aliphatic rings. The van der Waals surface area contributed by atoms with Gasteiger partial charge in [0.2, 0.25) is 0 Å². The second-order valence-electron chi connectivity index (χ2n) is 11.9. The van der Waals surface area contributed by atoms with Crippen molar-refractivity contribution in [1.82, 2.24) is 4.57 Å². The van der Waals surface area contributed by atoms with Crippen LogP contribution >= 0.6 is 0 Å². The van der Waals surface area contributed by atoms with Crippen molar-refractivity contribution in [2.45, 2.75) is 0 Å². The molecule has 2 aromatic heterocycles. The largest absolute Gasteiger partial charge is 0.456 e. The summed E-state index contributed by atoms with van der Waals surface area (Å²) in [6, 6.07) is 47.1. The molecule has 8 rings (SSSR count). The minimum Gasteiger partial charge on any atom is -0.456 e. The van der Waals surface area contributed by atoms with Gasteiger partial charge in [0.25, 0.3) is 0 Å². The highest BCUT2D eigenvalue weighted by molar-refractivity contribution is 6.19. The minimum absolute atomic E-state index is 0.0738. The number of para-hydroxylation sites is 3. The van der Waals surface area contributed by atoms with Crippen LogP contribution in [0.3, 0.4) is 0 Å². The van der Waals surface area contributed by atoms with E-state index in [1.54, 1.807) is 24.4 Å². The Morgan fingerprint density at radius 2 is 1.34 bits per heavy atom. The van der Waals surface area contributed by atoms with Gasteiger partial charge in [0.15, 0.2) is 11.7 Å². The van der Waals surface area contributed by atoms with E-state index in [9.17, 15) is 5.41 Å².